The first-order valence-corrected chi connectivity index (χ1v) is 5.62. The van der Waals surface area contributed by atoms with Crippen LogP contribution in [0.1, 0.15) is 23.1 Å². The summed E-state index contributed by atoms with van der Waals surface area (Å²) >= 11 is 0. The zero-order chi connectivity index (χ0) is 12.3. The van der Waals surface area contributed by atoms with Gasteiger partial charge in [-0.05, 0) is 43.8 Å². The van der Waals surface area contributed by atoms with Gasteiger partial charge in [-0.3, -0.25) is 0 Å². The summed E-state index contributed by atoms with van der Waals surface area (Å²) in [5, 5.41) is 3.25. The van der Waals surface area contributed by atoms with Crippen LogP contribution in [0.25, 0.3) is 0 Å². The van der Waals surface area contributed by atoms with E-state index in [0.717, 1.165) is 22.8 Å². The number of hydrogen-bond acceptors (Lipinski definition) is 3. The summed E-state index contributed by atoms with van der Waals surface area (Å²) < 4.78 is 10.9. The summed E-state index contributed by atoms with van der Waals surface area (Å²) in [6.07, 6.45) is 0. The number of aryl methyl sites for hydroxylation is 1. The van der Waals surface area contributed by atoms with Crippen LogP contribution >= 0.6 is 0 Å². The monoisotopic (exact) mass is 231 g/mol. The van der Waals surface area contributed by atoms with E-state index in [1.807, 2.05) is 44.3 Å². The highest BCUT2D eigenvalue weighted by atomic mass is 16.5. The fraction of sp³-hybridized carbons (Fsp3) is 0.286. The number of furan rings is 1. The maximum absolute atomic E-state index is 5.66. The molecule has 3 heteroatoms. The van der Waals surface area contributed by atoms with E-state index in [1.54, 1.807) is 7.11 Å². The van der Waals surface area contributed by atoms with E-state index in [0.29, 0.717) is 0 Å². The summed E-state index contributed by atoms with van der Waals surface area (Å²) in [6, 6.07) is 12.0. The topological polar surface area (TPSA) is 34.4 Å². The molecule has 0 saturated carbocycles. The van der Waals surface area contributed by atoms with Crippen molar-refractivity contribution < 1.29 is 9.15 Å². The molecule has 0 aliphatic carbocycles. The number of methoxy groups -OCH3 is 1. The van der Waals surface area contributed by atoms with E-state index in [1.165, 1.54) is 0 Å². The van der Waals surface area contributed by atoms with E-state index in [-0.39, 0.29) is 6.04 Å². The van der Waals surface area contributed by atoms with Crippen molar-refractivity contribution in [3.8, 4) is 5.75 Å². The van der Waals surface area contributed by atoms with E-state index in [9.17, 15) is 0 Å². The molecule has 0 bridgehead atoms. The van der Waals surface area contributed by atoms with Crippen molar-refractivity contribution >= 4 is 0 Å². The Morgan fingerprint density at radius 1 is 1.24 bits per heavy atom. The van der Waals surface area contributed by atoms with Gasteiger partial charge in [-0.1, -0.05) is 12.1 Å². The Labute approximate surface area is 101 Å². The van der Waals surface area contributed by atoms with Crippen LogP contribution in [0.3, 0.4) is 0 Å². The van der Waals surface area contributed by atoms with Gasteiger partial charge >= 0.3 is 0 Å². The van der Waals surface area contributed by atoms with Crippen LogP contribution in [0.2, 0.25) is 0 Å². The Balaban J connectivity index is 2.34. The minimum absolute atomic E-state index is 0.0544. The number of nitrogens with one attached hydrogen (secondary N) is 1. The molecular formula is C14H17NO2. The first-order valence-electron chi connectivity index (χ1n) is 5.62. The molecule has 2 aromatic rings. The SMILES string of the molecule is CNC(c1cccc(OC)c1)c1ccc(C)o1. The molecule has 0 saturated heterocycles. The van der Waals surface area contributed by atoms with Crippen LogP contribution in [-0.2, 0) is 0 Å². The van der Waals surface area contributed by atoms with Gasteiger partial charge in [0.15, 0.2) is 0 Å². The van der Waals surface area contributed by atoms with Gasteiger partial charge in [-0.15, -0.1) is 0 Å². The van der Waals surface area contributed by atoms with E-state index < -0.39 is 0 Å². The molecule has 17 heavy (non-hydrogen) atoms. The molecule has 1 aromatic heterocycles. The van der Waals surface area contributed by atoms with Gasteiger partial charge in [0.25, 0.3) is 0 Å². The van der Waals surface area contributed by atoms with Gasteiger partial charge in [0.05, 0.1) is 13.2 Å². The van der Waals surface area contributed by atoms with Crippen molar-refractivity contribution in [1.29, 1.82) is 0 Å². The molecule has 0 aliphatic rings. The van der Waals surface area contributed by atoms with Gasteiger partial charge in [0, 0.05) is 0 Å². The molecule has 1 heterocycles. The second-order valence-corrected chi connectivity index (χ2v) is 3.95. The molecule has 0 fully saturated rings. The fourth-order valence-corrected chi connectivity index (χ4v) is 1.90. The molecule has 0 spiro atoms. The summed E-state index contributed by atoms with van der Waals surface area (Å²) in [7, 11) is 3.59. The third-order valence-corrected chi connectivity index (χ3v) is 2.76. The van der Waals surface area contributed by atoms with E-state index in [2.05, 4.69) is 11.4 Å². The lowest BCUT2D eigenvalue weighted by atomic mass is 10.0. The molecule has 2 rings (SSSR count). The van der Waals surface area contributed by atoms with Gasteiger partial charge in [-0.2, -0.15) is 0 Å². The fourth-order valence-electron chi connectivity index (χ4n) is 1.90. The summed E-state index contributed by atoms with van der Waals surface area (Å²) in [6.45, 7) is 1.95. The molecule has 1 aromatic carbocycles. The minimum atomic E-state index is 0.0544. The molecule has 1 N–H and O–H groups in total. The predicted octanol–water partition coefficient (Wildman–Crippen LogP) is 2.91. The summed E-state index contributed by atoms with van der Waals surface area (Å²) in [5.74, 6) is 2.69. The average molecular weight is 231 g/mol. The van der Waals surface area contributed by atoms with Crippen LogP contribution in [0.4, 0.5) is 0 Å². The number of rotatable bonds is 4. The molecule has 0 amide bonds. The quantitative estimate of drug-likeness (QED) is 0.878. The molecule has 1 unspecified atom stereocenters. The summed E-state index contributed by atoms with van der Waals surface area (Å²) in [4.78, 5) is 0. The van der Waals surface area contributed by atoms with Crippen molar-refractivity contribution in [2.24, 2.45) is 0 Å². The molecule has 3 nitrogen and oxygen atoms in total. The largest absolute Gasteiger partial charge is 0.497 e. The smallest absolute Gasteiger partial charge is 0.125 e. The van der Waals surface area contributed by atoms with Crippen molar-refractivity contribution in [2.75, 3.05) is 14.2 Å². The van der Waals surface area contributed by atoms with Gasteiger partial charge in [-0.25, -0.2) is 0 Å². The highest BCUT2D eigenvalue weighted by molar-refractivity contribution is 5.34. The Hall–Kier alpha value is -1.74. The third kappa shape index (κ3) is 2.50. The van der Waals surface area contributed by atoms with E-state index in [4.69, 9.17) is 9.15 Å². The van der Waals surface area contributed by atoms with Crippen LogP contribution in [0.15, 0.2) is 40.8 Å². The number of ether oxygens (including phenoxy) is 1. The van der Waals surface area contributed by atoms with Crippen LogP contribution in [-0.4, -0.2) is 14.2 Å². The van der Waals surface area contributed by atoms with Gasteiger partial charge < -0.3 is 14.5 Å². The van der Waals surface area contributed by atoms with Crippen LogP contribution in [0.5, 0.6) is 5.75 Å². The first-order chi connectivity index (χ1) is 8.24. The minimum Gasteiger partial charge on any atom is -0.497 e. The highest BCUT2D eigenvalue weighted by Gasteiger charge is 2.15. The van der Waals surface area contributed by atoms with Gasteiger partial charge in [0.1, 0.15) is 17.3 Å². The molecular weight excluding hydrogens is 214 g/mol. The van der Waals surface area contributed by atoms with Crippen molar-refractivity contribution in [3.05, 3.63) is 53.5 Å². The van der Waals surface area contributed by atoms with Crippen molar-refractivity contribution in [3.63, 3.8) is 0 Å². The first kappa shape index (κ1) is 11.7. The highest BCUT2D eigenvalue weighted by Crippen LogP contribution is 2.26. The maximum Gasteiger partial charge on any atom is 0.125 e. The van der Waals surface area contributed by atoms with Crippen LogP contribution in [0, 0.1) is 6.92 Å². The second-order valence-electron chi connectivity index (χ2n) is 3.95. The van der Waals surface area contributed by atoms with Crippen molar-refractivity contribution in [1.82, 2.24) is 5.32 Å². The molecule has 1 atom stereocenters. The Morgan fingerprint density at radius 2 is 2.06 bits per heavy atom. The Bertz CT molecular complexity index is 490. The summed E-state index contributed by atoms with van der Waals surface area (Å²) in [5.41, 5.74) is 1.13. The van der Waals surface area contributed by atoms with Gasteiger partial charge in [0.2, 0.25) is 0 Å². The Morgan fingerprint density at radius 3 is 2.65 bits per heavy atom. The standard InChI is InChI=1S/C14H17NO2/c1-10-7-8-13(17-10)14(15-2)11-5-4-6-12(9-11)16-3/h4-9,14-15H,1-3H3. The third-order valence-electron chi connectivity index (χ3n) is 2.76. The molecule has 0 aliphatic heterocycles. The van der Waals surface area contributed by atoms with Crippen molar-refractivity contribution in [2.45, 2.75) is 13.0 Å². The lowest BCUT2D eigenvalue weighted by molar-refractivity contribution is 0.411. The van der Waals surface area contributed by atoms with E-state index >= 15 is 0 Å². The zero-order valence-electron chi connectivity index (χ0n) is 10.4. The predicted molar refractivity (Wildman–Crippen MR) is 67.3 cm³/mol. The maximum atomic E-state index is 5.66. The number of benzene rings is 1. The second kappa shape index (κ2) is 5.06. The molecule has 0 radical (unpaired) electrons. The average Bonchev–Trinajstić information content (AvgIpc) is 2.77. The van der Waals surface area contributed by atoms with Crippen LogP contribution < -0.4 is 10.1 Å². The lowest BCUT2D eigenvalue weighted by Crippen LogP contribution is -2.16. The zero-order valence-corrected chi connectivity index (χ0v) is 10.4. The lowest BCUT2D eigenvalue weighted by Gasteiger charge is -2.14. The number of hydrogen-bond donors (Lipinski definition) is 1. The normalized spacial score (nSPS) is 12.4. The molecule has 90 valence electrons. The Kier molecular flexibility index (Phi) is 3.49.